The monoisotopic (exact) mass is 701 g/mol. The maximum atomic E-state index is 6.54. The van der Waals surface area contributed by atoms with Crippen LogP contribution in [0.1, 0.15) is 22.3 Å². The van der Waals surface area contributed by atoms with Gasteiger partial charge in [0.05, 0.1) is 11.1 Å². The molecule has 11 rings (SSSR count). The highest BCUT2D eigenvalue weighted by Gasteiger charge is 2.45. The summed E-state index contributed by atoms with van der Waals surface area (Å²) in [5, 5.41) is 4.49. The second-order valence-electron chi connectivity index (χ2n) is 14.4. The van der Waals surface area contributed by atoms with Gasteiger partial charge >= 0.3 is 0 Å². The summed E-state index contributed by atoms with van der Waals surface area (Å²) in [4.78, 5) is 2.39. The molecular formula is C53H35NO. The molecule has 0 saturated heterocycles. The van der Waals surface area contributed by atoms with E-state index in [-0.39, 0.29) is 0 Å². The van der Waals surface area contributed by atoms with Crippen molar-refractivity contribution in [3.63, 3.8) is 0 Å². The van der Waals surface area contributed by atoms with E-state index in [1.807, 2.05) is 6.07 Å². The third kappa shape index (κ3) is 4.75. The van der Waals surface area contributed by atoms with E-state index < -0.39 is 5.41 Å². The summed E-state index contributed by atoms with van der Waals surface area (Å²) in [5.41, 5.74) is 14.7. The molecule has 0 fully saturated rings. The Morgan fingerprint density at radius 2 is 0.855 bits per heavy atom. The third-order valence-corrected chi connectivity index (χ3v) is 11.6. The molecule has 0 amide bonds. The Kier molecular flexibility index (Phi) is 7.11. The van der Waals surface area contributed by atoms with Crippen molar-refractivity contribution < 1.29 is 4.42 Å². The van der Waals surface area contributed by atoms with Crippen molar-refractivity contribution in [3.05, 3.63) is 235 Å². The van der Waals surface area contributed by atoms with Crippen LogP contribution in [0.4, 0.5) is 17.1 Å². The topological polar surface area (TPSA) is 16.4 Å². The Hall–Kier alpha value is -7.16. The van der Waals surface area contributed by atoms with Gasteiger partial charge in [-0.3, -0.25) is 0 Å². The van der Waals surface area contributed by atoms with Crippen LogP contribution in [0.5, 0.6) is 0 Å². The Morgan fingerprint density at radius 1 is 0.345 bits per heavy atom. The predicted molar refractivity (Wildman–Crippen MR) is 229 cm³/mol. The molecule has 1 aromatic heterocycles. The Morgan fingerprint density at radius 3 is 1.56 bits per heavy atom. The zero-order valence-electron chi connectivity index (χ0n) is 30.1. The molecule has 2 nitrogen and oxygen atoms in total. The molecule has 55 heavy (non-hydrogen) atoms. The number of hydrogen-bond acceptors (Lipinski definition) is 2. The number of para-hydroxylation sites is 1. The zero-order valence-corrected chi connectivity index (χ0v) is 30.1. The first-order chi connectivity index (χ1) is 27.3. The fourth-order valence-corrected chi connectivity index (χ4v) is 9.15. The molecule has 0 bridgehead atoms. The van der Waals surface area contributed by atoms with Crippen molar-refractivity contribution in [2.24, 2.45) is 0 Å². The Bertz CT molecular complexity index is 2970. The quantitative estimate of drug-likeness (QED) is 0.172. The summed E-state index contributed by atoms with van der Waals surface area (Å²) in [6.45, 7) is 0. The highest BCUT2D eigenvalue weighted by atomic mass is 16.3. The summed E-state index contributed by atoms with van der Waals surface area (Å²) in [7, 11) is 0. The standard InChI is InChI=1S/C53H35NO/c1-3-14-36(15-4-1)37-26-30-40(31-27-37)54(50-24-13-21-46-44(50)34-35-47-45-20-9-12-25-51(45)55-52(46)47)41-32-28-39(29-33-41)53(38-16-5-2-6-17-38)48-22-10-7-18-42(48)43-19-8-11-23-49(43)53/h1-35H. The molecule has 1 aliphatic rings. The first-order valence-electron chi connectivity index (χ1n) is 18.9. The molecule has 0 saturated carbocycles. The number of hydrogen-bond donors (Lipinski definition) is 0. The van der Waals surface area contributed by atoms with Crippen molar-refractivity contribution in [3.8, 4) is 22.3 Å². The zero-order chi connectivity index (χ0) is 36.3. The fraction of sp³-hybridized carbons (Fsp3) is 0.0189. The summed E-state index contributed by atoms with van der Waals surface area (Å²) in [5.74, 6) is 0. The number of anilines is 3. The largest absolute Gasteiger partial charge is 0.455 e. The van der Waals surface area contributed by atoms with Gasteiger partial charge in [-0.25, -0.2) is 0 Å². The molecule has 258 valence electrons. The normalized spacial score (nSPS) is 12.9. The lowest BCUT2D eigenvalue weighted by Gasteiger charge is -2.34. The summed E-state index contributed by atoms with van der Waals surface area (Å²) < 4.78 is 6.54. The van der Waals surface area contributed by atoms with Crippen LogP contribution in [0.2, 0.25) is 0 Å². The average molecular weight is 702 g/mol. The average Bonchev–Trinajstić information content (AvgIpc) is 3.80. The van der Waals surface area contributed by atoms with Crippen LogP contribution in [-0.2, 0) is 5.41 Å². The maximum Gasteiger partial charge on any atom is 0.143 e. The summed E-state index contributed by atoms with van der Waals surface area (Å²) in [6.07, 6.45) is 0. The number of furan rings is 1. The molecule has 2 heteroatoms. The molecule has 0 radical (unpaired) electrons. The van der Waals surface area contributed by atoms with Gasteiger partial charge in [0, 0.05) is 32.9 Å². The third-order valence-electron chi connectivity index (χ3n) is 11.6. The second kappa shape index (κ2) is 12.5. The van der Waals surface area contributed by atoms with Gasteiger partial charge < -0.3 is 9.32 Å². The van der Waals surface area contributed by atoms with Crippen LogP contribution >= 0.6 is 0 Å². The van der Waals surface area contributed by atoms with Crippen molar-refractivity contribution in [2.45, 2.75) is 5.41 Å². The number of nitrogens with zero attached hydrogens (tertiary/aromatic N) is 1. The predicted octanol–water partition coefficient (Wildman–Crippen LogP) is 14.2. The summed E-state index contributed by atoms with van der Waals surface area (Å²) in [6, 6.07) is 77.0. The highest BCUT2D eigenvalue weighted by Crippen LogP contribution is 2.56. The molecule has 0 aliphatic heterocycles. The van der Waals surface area contributed by atoms with Gasteiger partial charge in [-0.2, -0.15) is 0 Å². The summed E-state index contributed by atoms with van der Waals surface area (Å²) >= 11 is 0. The van der Waals surface area contributed by atoms with E-state index in [1.165, 1.54) is 44.5 Å². The van der Waals surface area contributed by atoms with Crippen molar-refractivity contribution in [1.29, 1.82) is 0 Å². The minimum Gasteiger partial charge on any atom is -0.455 e. The van der Waals surface area contributed by atoms with Crippen molar-refractivity contribution in [1.82, 2.24) is 0 Å². The molecular weight excluding hydrogens is 667 g/mol. The van der Waals surface area contributed by atoms with E-state index in [0.29, 0.717) is 0 Å². The minimum absolute atomic E-state index is 0.457. The van der Waals surface area contributed by atoms with Gasteiger partial charge in [-0.1, -0.05) is 170 Å². The van der Waals surface area contributed by atoms with Gasteiger partial charge in [-0.05, 0) is 87.0 Å². The van der Waals surface area contributed by atoms with Gasteiger partial charge in [0.25, 0.3) is 0 Å². The molecule has 0 atom stereocenters. The van der Waals surface area contributed by atoms with Gasteiger partial charge in [0.15, 0.2) is 0 Å². The molecule has 1 aliphatic carbocycles. The lowest BCUT2D eigenvalue weighted by molar-refractivity contribution is 0.672. The van der Waals surface area contributed by atoms with Crippen LogP contribution in [0.25, 0.3) is 55.0 Å². The van der Waals surface area contributed by atoms with Crippen molar-refractivity contribution in [2.75, 3.05) is 4.90 Å². The Balaban J connectivity index is 1.12. The molecule has 0 unspecified atom stereocenters. The first-order valence-corrected chi connectivity index (χ1v) is 18.9. The van der Waals surface area contributed by atoms with E-state index in [1.54, 1.807) is 0 Å². The van der Waals surface area contributed by atoms with Crippen LogP contribution in [0.3, 0.4) is 0 Å². The highest BCUT2D eigenvalue weighted by molar-refractivity contribution is 6.17. The number of fused-ring (bicyclic) bond motifs is 8. The van der Waals surface area contributed by atoms with Gasteiger partial charge in [0.2, 0.25) is 0 Å². The molecule has 0 N–H and O–H groups in total. The lowest BCUT2D eigenvalue weighted by atomic mass is 9.68. The molecule has 1 heterocycles. The van der Waals surface area contributed by atoms with Crippen LogP contribution in [0, 0.1) is 0 Å². The van der Waals surface area contributed by atoms with Gasteiger partial charge in [-0.15, -0.1) is 0 Å². The number of rotatable bonds is 6. The van der Waals surface area contributed by atoms with Gasteiger partial charge in [0.1, 0.15) is 11.2 Å². The smallest absolute Gasteiger partial charge is 0.143 e. The van der Waals surface area contributed by atoms with E-state index >= 15 is 0 Å². The van der Waals surface area contributed by atoms with E-state index in [9.17, 15) is 0 Å². The molecule has 10 aromatic rings. The maximum absolute atomic E-state index is 6.54. The first kappa shape index (κ1) is 31.4. The fourth-order valence-electron chi connectivity index (χ4n) is 9.15. The number of benzene rings is 9. The molecule has 9 aromatic carbocycles. The van der Waals surface area contributed by atoms with Crippen LogP contribution in [0.15, 0.2) is 217 Å². The van der Waals surface area contributed by atoms with E-state index in [4.69, 9.17) is 4.42 Å². The molecule has 0 spiro atoms. The lowest BCUT2D eigenvalue weighted by Crippen LogP contribution is -2.28. The van der Waals surface area contributed by atoms with E-state index in [0.717, 1.165) is 49.8 Å². The van der Waals surface area contributed by atoms with E-state index in [2.05, 4.69) is 211 Å². The SMILES string of the molecule is c1ccc(-c2ccc(N(c3ccc(C4(c5ccccc5)c5ccccc5-c5ccccc54)cc3)c3cccc4c3ccc3c5ccccc5oc43)cc2)cc1. The second-order valence-corrected chi connectivity index (χ2v) is 14.4. The Labute approximate surface area is 320 Å². The van der Waals surface area contributed by atoms with Crippen LogP contribution < -0.4 is 4.90 Å². The van der Waals surface area contributed by atoms with Crippen molar-refractivity contribution >= 4 is 49.8 Å². The minimum atomic E-state index is -0.457. The van der Waals surface area contributed by atoms with Crippen LogP contribution in [-0.4, -0.2) is 0 Å².